The molecule has 4 nitrogen and oxygen atoms in total. The van der Waals surface area contributed by atoms with Gasteiger partial charge in [-0.3, -0.25) is 4.79 Å². The zero-order valence-corrected chi connectivity index (χ0v) is 14.2. The van der Waals surface area contributed by atoms with Crippen LogP contribution in [0.15, 0.2) is 24.3 Å². The average Bonchev–Trinajstić information content (AvgIpc) is 2.73. The molecule has 1 heterocycles. The third-order valence-electron chi connectivity index (χ3n) is 3.63. The van der Waals surface area contributed by atoms with Gasteiger partial charge in [0.25, 0.3) is 0 Å². The lowest BCUT2D eigenvalue weighted by Crippen LogP contribution is -2.38. The summed E-state index contributed by atoms with van der Waals surface area (Å²) in [6, 6.07) is 9.05. The molecule has 1 aromatic rings. The number of halogens is 2. The third-order valence-corrected chi connectivity index (χ3v) is 3.63. The number of hydrogen-bond acceptors (Lipinski definition) is 3. The van der Waals surface area contributed by atoms with Gasteiger partial charge in [0.1, 0.15) is 0 Å². The van der Waals surface area contributed by atoms with E-state index in [-0.39, 0.29) is 30.7 Å². The van der Waals surface area contributed by atoms with Gasteiger partial charge in [-0.25, -0.2) is 0 Å². The normalized spacial score (nSPS) is 15.7. The number of benzene rings is 1. The molecular formula is C15H25Cl2N3O. The van der Waals surface area contributed by atoms with Gasteiger partial charge in [-0.1, -0.05) is 18.2 Å². The fourth-order valence-electron chi connectivity index (χ4n) is 2.61. The van der Waals surface area contributed by atoms with E-state index >= 15 is 0 Å². The summed E-state index contributed by atoms with van der Waals surface area (Å²) in [7, 11) is 1.86. The molecule has 21 heavy (non-hydrogen) atoms. The van der Waals surface area contributed by atoms with Crippen LogP contribution >= 0.6 is 24.8 Å². The maximum Gasteiger partial charge on any atom is 0.221 e. The topological polar surface area (TPSA) is 44.4 Å². The number of anilines is 1. The smallest absolute Gasteiger partial charge is 0.221 e. The summed E-state index contributed by atoms with van der Waals surface area (Å²) in [6.07, 6.45) is 1.65. The van der Waals surface area contributed by atoms with E-state index in [0.29, 0.717) is 19.0 Å². The first-order chi connectivity index (χ1) is 9.22. The van der Waals surface area contributed by atoms with Gasteiger partial charge in [0, 0.05) is 37.8 Å². The molecule has 1 aromatic carbocycles. The summed E-state index contributed by atoms with van der Waals surface area (Å²) >= 11 is 0. The zero-order chi connectivity index (χ0) is 13.7. The van der Waals surface area contributed by atoms with Gasteiger partial charge in [0.2, 0.25) is 5.91 Å². The van der Waals surface area contributed by atoms with Crippen molar-refractivity contribution in [1.29, 1.82) is 0 Å². The maximum atomic E-state index is 11.5. The molecule has 0 aromatic heterocycles. The number of para-hydroxylation sites is 1. The number of fused-ring (bicyclic) bond motifs is 1. The molecule has 120 valence electrons. The van der Waals surface area contributed by atoms with Crippen LogP contribution in [-0.2, 0) is 11.2 Å². The van der Waals surface area contributed by atoms with Gasteiger partial charge >= 0.3 is 0 Å². The van der Waals surface area contributed by atoms with Gasteiger partial charge in [0.15, 0.2) is 0 Å². The van der Waals surface area contributed by atoms with Gasteiger partial charge in [-0.15, -0.1) is 24.8 Å². The molecule has 0 radical (unpaired) electrons. The summed E-state index contributed by atoms with van der Waals surface area (Å²) < 4.78 is 0. The second kappa shape index (κ2) is 9.87. The summed E-state index contributed by atoms with van der Waals surface area (Å²) in [5.41, 5.74) is 2.73. The van der Waals surface area contributed by atoms with Crippen LogP contribution in [0.3, 0.4) is 0 Å². The quantitative estimate of drug-likeness (QED) is 0.836. The standard InChI is InChI=1S/C15H23N3O.2ClH/c1-12-11-13-5-3-4-6-14(13)18(12)10-9-17-15(19)7-8-16-2;;/h3-6,12,16H,7-11H2,1-2H3,(H,17,19);2*1H. The highest BCUT2D eigenvalue weighted by molar-refractivity contribution is 5.85. The average molecular weight is 334 g/mol. The van der Waals surface area contributed by atoms with Crippen LogP contribution in [0.5, 0.6) is 0 Å². The number of nitrogens with one attached hydrogen (secondary N) is 2. The van der Waals surface area contributed by atoms with E-state index in [1.165, 1.54) is 11.3 Å². The molecule has 1 amide bonds. The third kappa shape index (κ3) is 5.38. The van der Waals surface area contributed by atoms with E-state index in [4.69, 9.17) is 0 Å². The molecule has 0 fully saturated rings. The van der Waals surface area contributed by atoms with Crippen molar-refractivity contribution >= 4 is 36.4 Å². The van der Waals surface area contributed by atoms with E-state index < -0.39 is 0 Å². The van der Waals surface area contributed by atoms with Gasteiger partial charge in [-0.2, -0.15) is 0 Å². The minimum atomic E-state index is 0. The van der Waals surface area contributed by atoms with Gasteiger partial charge in [0.05, 0.1) is 0 Å². The molecular weight excluding hydrogens is 309 g/mol. The van der Waals surface area contributed by atoms with E-state index in [9.17, 15) is 4.79 Å². The Morgan fingerprint density at radius 2 is 2.00 bits per heavy atom. The fraction of sp³-hybridized carbons (Fsp3) is 0.533. The van der Waals surface area contributed by atoms with E-state index in [2.05, 4.69) is 46.7 Å². The van der Waals surface area contributed by atoms with Crippen molar-refractivity contribution in [2.45, 2.75) is 25.8 Å². The van der Waals surface area contributed by atoms with Crippen LogP contribution in [0.25, 0.3) is 0 Å². The lowest BCUT2D eigenvalue weighted by molar-refractivity contribution is -0.120. The SMILES string of the molecule is CNCCC(=O)NCCN1c2ccccc2CC1C.Cl.Cl. The maximum absolute atomic E-state index is 11.5. The predicted octanol–water partition coefficient (Wildman–Crippen LogP) is 2.01. The number of carbonyl (C=O) groups excluding carboxylic acids is 1. The van der Waals surface area contributed by atoms with Crippen LogP contribution in [0.4, 0.5) is 5.69 Å². The minimum Gasteiger partial charge on any atom is -0.367 e. The summed E-state index contributed by atoms with van der Waals surface area (Å²) in [5.74, 6) is 0.120. The predicted molar refractivity (Wildman–Crippen MR) is 93.0 cm³/mol. The summed E-state index contributed by atoms with van der Waals surface area (Å²) in [4.78, 5) is 13.9. The van der Waals surface area contributed by atoms with Crippen LogP contribution in [0.1, 0.15) is 18.9 Å². The first kappa shape index (κ1) is 20.0. The Morgan fingerprint density at radius 3 is 2.71 bits per heavy atom. The van der Waals surface area contributed by atoms with E-state index in [1.807, 2.05) is 7.05 Å². The Balaban J connectivity index is 0.00000200. The van der Waals surface area contributed by atoms with Crippen molar-refractivity contribution in [3.63, 3.8) is 0 Å². The second-order valence-electron chi connectivity index (χ2n) is 5.08. The molecule has 1 unspecified atom stereocenters. The minimum absolute atomic E-state index is 0. The van der Waals surface area contributed by atoms with Crippen LogP contribution in [0, 0.1) is 0 Å². The van der Waals surface area contributed by atoms with Crippen LogP contribution in [-0.4, -0.2) is 38.6 Å². The molecule has 2 rings (SSSR count). The Bertz CT molecular complexity index is 443. The largest absolute Gasteiger partial charge is 0.367 e. The molecule has 0 bridgehead atoms. The Hall–Kier alpha value is -0.970. The van der Waals surface area contributed by atoms with Crippen LogP contribution in [0.2, 0.25) is 0 Å². The first-order valence-electron chi connectivity index (χ1n) is 6.98. The van der Waals surface area contributed by atoms with Crippen LogP contribution < -0.4 is 15.5 Å². The van der Waals surface area contributed by atoms with E-state index in [0.717, 1.165) is 19.5 Å². The number of nitrogens with zero attached hydrogens (tertiary/aromatic N) is 1. The van der Waals surface area contributed by atoms with Crippen molar-refractivity contribution < 1.29 is 4.79 Å². The molecule has 0 spiro atoms. The van der Waals surface area contributed by atoms with Gasteiger partial charge in [-0.05, 0) is 32.0 Å². The van der Waals surface area contributed by atoms with Crippen molar-refractivity contribution in [2.75, 3.05) is 31.6 Å². The summed E-state index contributed by atoms with van der Waals surface area (Å²) in [6.45, 7) is 4.56. The van der Waals surface area contributed by atoms with Crippen molar-refractivity contribution in [2.24, 2.45) is 0 Å². The highest BCUT2D eigenvalue weighted by atomic mass is 35.5. The first-order valence-corrected chi connectivity index (χ1v) is 6.98. The molecule has 1 aliphatic rings. The molecule has 1 aliphatic heterocycles. The Kier molecular flexibility index (Phi) is 9.42. The highest BCUT2D eigenvalue weighted by Crippen LogP contribution is 2.30. The lowest BCUT2D eigenvalue weighted by Gasteiger charge is -2.25. The lowest BCUT2D eigenvalue weighted by atomic mass is 10.1. The Morgan fingerprint density at radius 1 is 1.29 bits per heavy atom. The Labute approximate surface area is 139 Å². The van der Waals surface area contributed by atoms with Crippen molar-refractivity contribution in [3.05, 3.63) is 29.8 Å². The highest BCUT2D eigenvalue weighted by Gasteiger charge is 2.24. The molecule has 6 heteroatoms. The number of hydrogen-bond donors (Lipinski definition) is 2. The molecule has 0 saturated heterocycles. The molecule has 1 atom stereocenters. The monoisotopic (exact) mass is 333 g/mol. The number of carbonyl (C=O) groups is 1. The molecule has 0 aliphatic carbocycles. The fourth-order valence-corrected chi connectivity index (χ4v) is 2.61. The van der Waals surface area contributed by atoms with Crippen molar-refractivity contribution in [1.82, 2.24) is 10.6 Å². The number of amides is 1. The number of rotatable bonds is 6. The second-order valence-corrected chi connectivity index (χ2v) is 5.08. The zero-order valence-electron chi connectivity index (χ0n) is 12.6. The van der Waals surface area contributed by atoms with E-state index in [1.54, 1.807) is 0 Å². The van der Waals surface area contributed by atoms with Gasteiger partial charge < -0.3 is 15.5 Å². The van der Waals surface area contributed by atoms with Crippen molar-refractivity contribution in [3.8, 4) is 0 Å². The molecule has 0 saturated carbocycles. The molecule has 2 N–H and O–H groups in total. The summed E-state index contributed by atoms with van der Waals surface area (Å²) in [5, 5.41) is 5.95.